The van der Waals surface area contributed by atoms with Crippen molar-refractivity contribution in [2.75, 3.05) is 27.3 Å². The van der Waals surface area contributed by atoms with E-state index in [-0.39, 0.29) is 0 Å². The average molecular weight is 354 g/mol. The molecule has 2 aromatic carbocycles. The second-order valence-electron chi connectivity index (χ2n) is 6.27. The van der Waals surface area contributed by atoms with Crippen molar-refractivity contribution in [3.8, 4) is 11.5 Å². The number of rotatable bonds is 4. The average Bonchev–Trinajstić information content (AvgIpc) is 2.68. The van der Waals surface area contributed by atoms with Crippen molar-refractivity contribution in [1.29, 1.82) is 0 Å². The van der Waals surface area contributed by atoms with E-state index in [0.717, 1.165) is 46.4 Å². The van der Waals surface area contributed by atoms with Crippen LogP contribution in [-0.2, 0) is 0 Å². The number of hydrogen-bond acceptors (Lipinski definition) is 5. The van der Waals surface area contributed by atoms with E-state index in [1.165, 1.54) is 17.7 Å². The highest BCUT2D eigenvalue weighted by Gasteiger charge is 2.19. The molecule has 0 amide bonds. The number of nitrogens with zero attached hydrogens (tertiary/aromatic N) is 1. The van der Waals surface area contributed by atoms with E-state index in [2.05, 4.69) is 17.4 Å². The summed E-state index contributed by atoms with van der Waals surface area (Å²) in [7, 11) is 3.41. The summed E-state index contributed by atoms with van der Waals surface area (Å²) in [5.41, 5.74) is 2.02. The SMILES string of the molecule is COc1ccc2nc3ccc(OC)cc3c(SC3CCNCC3)c2c1. The van der Waals surface area contributed by atoms with Crippen LogP contribution in [0.4, 0.5) is 0 Å². The third-order valence-electron chi connectivity index (χ3n) is 4.71. The number of fused-ring (bicyclic) bond motifs is 2. The highest BCUT2D eigenvalue weighted by atomic mass is 32.2. The number of benzene rings is 2. The van der Waals surface area contributed by atoms with Crippen molar-refractivity contribution in [1.82, 2.24) is 10.3 Å². The van der Waals surface area contributed by atoms with Gasteiger partial charge in [-0.2, -0.15) is 0 Å². The van der Waals surface area contributed by atoms with Gasteiger partial charge in [0, 0.05) is 20.9 Å². The first-order valence-electron chi connectivity index (χ1n) is 8.61. The Balaban J connectivity index is 1.92. The van der Waals surface area contributed by atoms with Crippen LogP contribution in [0.5, 0.6) is 11.5 Å². The number of pyridine rings is 1. The summed E-state index contributed by atoms with van der Waals surface area (Å²) in [6.07, 6.45) is 2.37. The van der Waals surface area contributed by atoms with E-state index in [9.17, 15) is 0 Å². The summed E-state index contributed by atoms with van der Waals surface area (Å²) in [5.74, 6) is 1.73. The first-order chi connectivity index (χ1) is 12.3. The molecule has 1 aromatic heterocycles. The lowest BCUT2D eigenvalue weighted by Crippen LogP contribution is -2.29. The number of aromatic nitrogens is 1. The molecule has 3 aromatic rings. The molecule has 1 N–H and O–H groups in total. The van der Waals surface area contributed by atoms with E-state index < -0.39 is 0 Å². The van der Waals surface area contributed by atoms with Crippen LogP contribution in [0.15, 0.2) is 41.3 Å². The van der Waals surface area contributed by atoms with Gasteiger partial charge in [-0.25, -0.2) is 4.98 Å². The molecule has 0 saturated carbocycles. The number of nitrogens with one attached hydrogen (secondary N) is 1. The van der Waals surface area contributed by atoms with Gasteiger partial charge in [-0.05, 0) is 62.3 Å². The fourth-order valence-corrected chi connectivity index (χ4v) is 4.71. The molecule has 1 aliphatic rings. The predicted octanol–water partition coefficient (Wildman–Crippen LogP) is 4.25. The van der Waals surface area contributed by atoms with Gasteiger partial charge in [0.2, 0.25) is 0 Å². The third kappa shape index (κ3) is 3.26. The van der Waals surface area contributed by atoms with E-state index in [1.807, 2.05) is 36.0 Å². The van der Waals surface area contributed by atoms with E-state index in [1.54, 1.807) is 14.2 Å². The monoisotopic (exact) mass is 354 g/mol. The van der Waals surface area contributed by atoms with Crippen LogP contribution in [0.3, 0.4) is 0 Å². The zero-order valence-corrected chi connectivity index (χ0v) is 15.4. The second-order valence-corrected chi connectivity index (χ2v) is 7.58. The lowest BCUT2D eigenvalue weighted by molar-refractivity contribution is 0.415. The molecular weight excluding hydrogens is 332 g/mol. The molecule has 0 unspecified atom stereocenters. The van der Waals surface area contributed by atoms with Crippen LogP contribution < -0.4 is 14.8 Å². The van der Waals surface area contributed by atoms with Gasteiger partial charge in [0.05, 0.1) is 25.3 Å². The van der Waals surface area contributed by atoms with E-state index in [4.69, 9.17) is 14.5 Å². The Morgan fingerprint density at radius 2 is 1.48 bits per heavy atom. The molecule has 130 valence electrons. The van der Waals surface area contributed by atoms with Crippen LogP contribution in [-0.4, -0.2) is 37.5 Å². The minimum atomic E-state index is 0.618. The van der Waals surface area contributed by atoms with Crippen LogP contribution >= 0.6 is 11.8 Å². The predicted molar refractivity (Wildman–Crippen MR) is 104 cm³/mol. The largest absolute Gasteiger partial charge is 0.497 e. The minimum absolute atomic E-state index is 0.618. The Bertz CT molecular complexity index is 845. The van der Waals surface area contributed by atoms with Crippen LogP contribution in [0, 0.1) is 0 Å². The number of ether oxygens (including phenoxy) is 2. The topological polar surface area (TPSA) is 43.4 Å². The fourth-order valence-electron chi connectivity index (χ4n) is 3.32. The minimum Gasteiger partial charge on any atom is -0.497 e. The molecule has 0 bridgehead atoms. The zero-order valence-electron chi connectivity index (χ0n) is 14.5. The maximum atomic E-state index is 5.45. The molecule has 1 saturated heterocycles. The van der Waals surface area contributed by atoms with Gasteiger partial charge in [0.25, 0.3) is 0 Å². The van der Waals surface area contributed by atoms with Gasteiger partial charge in [-0.1, -0.05) is 0 Å². The lowest BCUT2D eigenvalue weighted by Gasteiger charge is -2.23. The van der Waals surface area contributed by atoms with Crippen molar-refractivity contribution in [2.45, 2.75) is 23.0 Å². The molecule has 4 rings (SSSR count). The zero-order chi connectivity index (χ0) is 17.2. The summed E-state index contributed by atoms with van der Waals surface area (Å²) in [5, 5.41) is 6.38. The quantitative estimate of drug-likeness (QED) is 0.710. The Hall–Kier alpha value is -1.98. The Morgan fingerprint density at radius 1 is 0.920 bits per heavy atom. The Kier molecular flexibility index (Phi) is 4.68. The summed E-state index contributed by atoms with van der Waals surface area (Å²) in [4.78, 5) is 6.13. The van der Waals surface area contributed by atoms with Crippen LogP contribution in [0.1, 0.15) is 12.8 Å². The Labute approximate surface area is 151 Å². The van der Waals surface area contributed by atoms with Gasteiger partial charge < -0.3 is 14.8 Å². The van der Waals surface area contributed by atoms with Crippen molar-refractivity contribution < 1.29 is 9.47 Å². The highest BCUT2D eigenvalue weighted by molar-refractivity contribution is 8.00. The maximum Gasteiger partial charge on any atom is 0.119 e. The van der Waals surface area contributed by atoms with Crippen molar-refractivity contribution in [3.63, 3.8) is 0 Å². The summed E-state index contributed by atoms with van der Waals surface area (Å²) >= 11 is 1.97. The molecule has 0 spiro atoms. The second kappa shape index (κ2) is 7.10. The first-order valence-corrected chi connectivity index (χ1v) is 9.49. The number of methoxy groups -OCH3 is 2. The number of hydrogen-bond donors (Lipinski definition) is 1. The van der Waals surface area contributed by atoms with Gasteiger partial charge >= 0.3 is 0 Å². The standard InChI is InChI=1S/C20H22N2O2S/c1-23-13-3-5-18-16(11-13)20(25-15-7-9-21-10-8-15)17-12-14(24-2)4-6-19(17)22-18/h3-6,11-12,15,21H,7-10H2,1-2H3. The third-order valence-corrected chi connectivity index (χ3v) is 6.19. The van der Waals surface area contributed by atoms with Crippen molar-refractivity contribution >= 4 is 33.6 Å². The number of piperidine rings is 1. The molecule has 1 aliphatic heterocycles. The van der Waals surface area contributed by atoms with Crippen LogP contribution in [0.25, 0.3) is 21.8 Å². The Morgan fingerprint density at radius 3 is 2.00 bits per heavy atom. The number of thioether (sulfide) groups is 1. The first kappa shape index (κ1) is 16.5. The van der Waals surface area contributed by atoms with Gasteiger partial charge in [-0.3, -0.25) is 0 Å². The summed E-state index contributed by atoms with van der Waals surface area (Å²) < 4.78 is 10.9. The smallest absolute Gasteiger partial charge is 0.119 e. The molecule has 1 fully saturated rings. The fraction of sp³-hybridized carbons (Fsp3) is 0.350. The molecular formula is C20H22N2O2S. The molecule has 0 atom stereocenters. The van der Waals surface area contributed by atoms with E-state index in [0.29, 0.717) is 5.25 Å². The maximum absolute atomic E-state index is 5.45. The molecule has 4 nitrogen and oxygen atoms in total. The lowest BCUT2D eigenvalue weighted by atomic mass is 10.1. The van der Waals surface area contributed by atoms with Gasteiger partial charge in [0.15, 0.2) is 0 Å². The molecule has 0 aliphatic carbocycles. The van der Waals surface area contributed by atoms with E-state index >= 15 is 0 Å². The molecule has 2 heterocycles. The molecule has 0 radical (unpaired) electrons. The highest BCUT2D eigenvalue weighted by Crippen LogP contribution is 2.40. The van der Waals surface area contributed by atoms with Gasteiger partial charge in [0.1, 0.15) is 11.5 Å². The van der Waals surface area contributed by atoms with Crippen molar-refractivity contribution in [3.05, 3.63) is 36.4 Å². The summed E-state index contributed by atoms with van der Waals surface area (Å²) in [6, 6.07) is 12.2. The molecule has 5 heteroatoms. The van der Waals surface area contributed by atoms with Crippen LogP contribution in [0.2, 0.25) is 0 Å². The normalized spacial score (nSPS) is 15.6. The summed E-state index contributed by atoms with van der Waals surface area (Å²) in [6.45, 7) is 2.18. The van der Waals surface area contributed by atoms with Crippen molar-refractivity contribution in [2.24, 2.45) is 0 Å². The van der Waals surface area contributed by atoms with Gasteiger partial charge in [-0.15, -0.1) is 11.8 Å². The molecule has 25 heavy (non-hydrogen) atoms.